The lowest BCUT2D eigenvalue weighted by atomic mass is 9.75. The van der Waals surface area contributed by atoms with E-state index in [2.05, 4.69) is 20.8 Å². The van der Waals surface area contributed by atoms with Gasteiger partial charge in [0.25, 0.3) is 0 Å². The number of hydrogen-bond donors (Lipinski definition) is 0. The molecular formula is C20H27NO4. The maximum absolute atomic E-state index is 12.8. The highest BCUT2D eigenvalue weighted by molar-refractivity contribution is 5.79. The van der Waals surface area contributed by atoms with Gasteiger partial charge in [-0.15, -0.1) is 0 Å². The van der Waals surface area contributed by atoms with Gasteiger partial charge >= 0.3 is 11.7 Å². The lowest BCUT2D eigenvalue weighted by Gasteiger charge is -2.37. The molecule has 1 aliphatic carbocycles. The summed E-state index contributed by atoms with van der Waals surface area (Å²) in [6.45, 7) is 8.26. The van der Waals surface area contributed by atoms with Crippen molar-refractivity contribution in [2.45, 2.75) is 59.1 Å². The van der Waals surface area contributed by atoms with Gasteiger partial charge in [0.1, 0.15) is 12.1 Å². The van der Waals surface area contributed by atoms with E-state index in [0.29, 0.717) is 28.9 Å². The van der Waals surface area contributed by atoms with E-state index in [1.807, 2.05) is 6.07 Å². The summed E-state index contributed by atoms with van der Waals surface area (Å²) in [5.41, 5.74) is 1.10. The third-order valence-corrected chi connectivity index (χ3v) is 5.48. The van der Waals surface area contributed by atoms with E-state index in [4.69, 9.17) is 9.15 Å². The van der Waals surface area contributed by atoms with Crippen LogP contribution in [0.5, 0.6) is 0 Å². The molecule has 1 aliphatic rings. The standard InChI is InChI=1S/C20H27NO4/c1-12(2)15-10-9-13(3)11-18(15)24-19(22)14(4)21-16-7-5-6-8-17(16)25-20(21)23/h5-8,12-15,18H,9-11H2,1-4H3. The zero-order valence-corrected chi connectivity index (χ0v) is 15.4. The number of fused-ring (bicyclic) bond motifs is 1. The van der Waals surface area contributed by atoms with E-state index in [-0.39, 0.29) is 12.1 Å². The van der Waals surface area contributed by atoms with E-state index < -0.39 is 11.8 Å². The molecule has 0 N–H and O–H groups in total. The highest BCUT2D eigenvalue weighted by atomic mass is 16.5. The number of hydrogen-bond acceptors (Lipinski definition) is 4. The fraction of sp³-hybridized carbons (Fsp3) is 0.600. The molecule has 1 aromatic heterocycles. The maximum Gasteiger partial charge on any atom is 0.420 e. The summed E-state index contributed by atoms with van der Waals surface area (Å²) in [4.78, 5) is 24.9. The Morgan fingerprint density at radius 2 is 1.96 bits per heavy atom. The van der Waals surface area contributed by atoms with E-state index >= 15 is 0 Å². The summed E-state index contributed by atoms with van der Waals surface area (Å²) in [6, 6.07) is 6.42. The zero-order valence-electron chi connectivity index (χ0n) is 15.4. The first kappa shape index (κ1) is 17.8. The molecule has 1 fully saturated rings. The van der Waals surface area contributed by atoms with Crippen LogP contribution in [0.2, 0.25) is 0 Å². The van der Waals surface area contributed by atoms with Crippen LogP contribution in [-0.4, -0.2) is 16.6 Å². The van der Waals surface area contributed by atoms with Gasteiger partial charge in [0.15, 0.2) is 5.58 Å². The number of aromatic nitrogens is 1. The van der Waals surface area contributed by atoms with Crippen molar-refractivity contribution in [3.8, 4) is 0 Å². The molecular weight excluding hydrogens is 318 g/mol. The van der Waals surface area contributed by atoms with Gasteiger partial charge in [-0.2, -0.15) is 0 Å². The average Bonchev–Trinajstić information content (AvgIpc) is 2.89. The minimum absolute atomic E-state index is 0.0763. The second kappa shape index (κ2) is 7.06. The molecule has 1 aromatic carbocycles. The lowest BCUT2D eigenvalue weighted by Crippen LogP contribution is -2.38. The molecule has 0 spiro atoms. The number of carbonyl (C=O) groups is 1. The van der Waals surface area contributed by atoms with Crippen molar-refractivity contribution in [2.24, 2.45) is 17.8 Å². The Morgan fingerprint density at radius 1 is 1.24 bits per heavy atom. The second-order valence-corrected chi connectivity index (χ2v) is 7.68. The number of rotatable bonds is 4. The SMILES string of the molecule is CC1CCC(C(C)C)C(OC(=O)C(C)n2c(=O)oc3ccccc32)C1. The molecule has 4 unspecified atom stereocenters. The topological polar surface area (TPSA) is 61.4 Å². The largest absolute Gasteiger partial charge is 0.461 e. The van der Waals surface area contributed by atoms with E-state index in [1.54, 1.807) is 25.1 Å². The molecule has 2 aromatic rings. The van der Waals surface area contributed by atoms with Crippen LogP contribution in [0.1, 0.15) is 53.0 Å². The Balaban J connectivity index is 1.82. The minimum atomic E-state index is -0.707. The summed E-state index contributed by atoms with van der Waals surface area (Å²) in [5.74, 6) is 0.519. The van der Waals surface area contributed by atoms with E-state index in [9.17, 15) is 9.59 Å². The van der Waals surface area contributed by atoms with Gasteiger partial charge in [0.05, 0.1) is 5.52 Å². The first-order chi connectivity index (χ1) is 11.9. The Labute approximate surface area is 148 Å². The molecule has 3 rings (SSSR count). The van der Waals surface area contributed by atoms with Gasteiger partial charge in [-0.1, -0.05) is 39.3 Å². The number of ether oxygens (including phenoxy) is 1. The molecule has 0 bridgehead atoms. The highest BCUT2D eigenvalue weighted by Crippen LogP contribution is 2.36. The van der Waals surface area contributed by atoms with Crippen LogP contribution in [0, 0.1) is 17.8 Å². The number of esters is 1. The van der Waals surface area contributed by atoms with Crippen molar-refractivity contribution in [1.82, 2.24) is 4.57 Å². The molecule has 25 heavy (non-hydrogen) atoms. The normalized spacial score (nSPS) is 25.2. The van der Waals surface area contributed by atoms with Crippen LogP contribution in [0.4, 0.5) is 0 Å². The van der Waals surface area contributed by atoms with Crippen LogP contribution in [0.25, 0.3) is 11.1 Å². The zero-order chi connectivity index (χ0) is 18.1. The summed E-state index contributed by atoms with van der Waals surface area (Å²) >= 11 is 0. The Bertz CT molecular complexity index is 803. The first-order valence-electron chi connectivity index (χ1n) is 9.19. The molecule has 5 nitrogen and oxygen atoms in total. The fourth-order valence-corrected chi connectivity index (χ4v) is 3.95. The minimum Gasteiger partial charge on any atom is -0.461 e. The number of carbonyl (C=O) groups excluding carboxylic acids is 1. The molecule has 136 valence electrons. The van der Waals surface area contributed by atoms with Crippen LogP contribution in [0.15, 0.2) is 33.5 Å². The molecule has 0 radical (unpaired) electrons. The lowest BCUT2D eigenvalue weighted by molar-refractivity contribution is -0.159. The first-order valence-corrected chi connectivity index (χ1v) is 9.19. The van der Waals surface area contributed by atoms with Crippen LogP contribution >= 0.6 is 0 Å². The van der Waals surface area contributed by atoms with Crippen LogP contribution in [-0.2, 0) is 9.53 Å². The second-order valence-electron chi connectivity index (χ2n) is 7.68. The molecule has 0 aliphatic heterocycles. The van der Waals surface area contributed by atoms with E-state index in [0.717, 1.165) is 12.8 Å². The average molecular weight is 345 g/mol. The summed E-state index contributed by atoms with van der Waals surface area (Å²) in [6.07, 6.45) is 3.08. The van der Waals surface area contributed by atoms with Crippen LogP contribution in [0.3, 0.4) is 0 Å². The monoisotopic (exact) mass is 345 g/mol. The predicted molar refractivity (Wildman–Crippen MR) is 96.4 cm³/mol. The number of benzene rings is 1. The van der Waals surface area contributed by atoms with Gasteiger partial charge in [0.2, 0.25) is 0 Å². The molecule has 0 saturated heterocycles. The molecule has 1 heterocycles. The summed E-state index contributed by atoms with van der Waals surface area (Å²) in [7, 11) is 0. The van der Waals surface area contributed by atoms with Gasteiger partial charge in [-0.25, -0.2) is 9.59 Å². The number of nitrogens with zero attached hydrogens (tertiary/aromatic N) is 1. The maximum atomic E-state index is 12.8. The predicted octanol–water partition coefficient (Wildman–Crippen LogP) is 4.16. The van der Waals surface area contributed by atoms with Gasteiger partial charge in [0, 0.05) is 0 Å². The number of oxazole rings is 1. The van der Waals surface area contributed by atoms with Gasteiger partial charge in [-0.05, 0) is 49.7 Å². The highest BCUT2D eigenvalue weighted by Gasteiger charge is 2.35. The van der Waals surface area contributed by atoms with Crippen molar-refractivity contribution in [1.29, 1.82) is 0 Å². The van der Waals surface area contributed by atoms with Crippen molar-refractivity contribution in [3.05, 3.63) is 34.8 Å². The van der Waals surface area contributed by atoms with Gasteiger partial charge in [-0.3, -0.25) is 4.57 Å². The molecule has 5 heteroatoms. The summed E-state index contributed by atoms with van der Waals surface area (Å²) < 4.78 is 12.5. The Morgan fingerprint density at radius 3 is 2.68 bits per heavy atom. The van der Waals surface area contributed by atoms with Gasteiger partial charge < -0.3 is 9.15 Å². The quantitative estimate of drug-likeness (QED) is 0.781. The van der Waals surface area contributed by atoms with E-state index in [1.165, 1.54) is 11.0 Å². The fourth-order valence-electron chi connectivity index (χ4n) is 3.95. The molecule has 1 saturated carbocycles. The Kier molecular flexibility index (Phi) is 5.02. The van der Waals surface area contributed by atoms with Crippen molar-refractivity contribution >= 4 is 17.1 Å². The van der Waals surface area contributed by atoms with Crippen molar-refractivity contribution in [3.63, 3.8) is 0 Å². The molecule has 0 amide bonds. The summed E-state index contributed by atoms with van der Waals surface area (Å²) in [5, 5.41) is 0. The smallest absolute Gasteiger partial charge is 0.420 e. The third kappa shape index (κ3) is 3.51. The van der Waals surface area contributed by atoms with Crippen molar-refractivity contribution < 1.29 is 13.9 Å². The Hall–Kier alpha value is -2.04. The van der Waals surface area contributed by atoms with Crippen LogP contribution < -0.4 is 5.76 Å². The molecule has 4 atom stereocenters. The van der Waals surface area contributed by atoms with Crippen molar-refractivity contribution in [2.75, 3.05) is 0 Å². The third-order valence-electron chi connectivity index (χ3n) is 5.48. The number of para-hydroxylation sites is 2.